The highest BCUT2D eigenvalue weighted by Crippen LogP contribution is 2.25. The third-order valence-electron chi connectivity index (χ3n) is 2.62. The zero-order valence-corrected chi connectivity index (χ0v) is 8.51. The second-order valence-electron chi connectivity index (χ2n) is 3.68. The fourth-order valence-electron chi connectivity index (χ4n) is 1.81. The van der Waals surface area contributed by atoms with Crippen molar-refractivity contribution in [1.29, 1.82) is 0 Å². The Kier molecular flexibility index (Phi) is 1.71. The fraction of sp³-hybridized carbons (Fsp3) is 0. The Morgan fingerprint density at radius 3 is 2.62 bits per heavy atom. The highest BCUT2D eigenvalue weighted by Gasteiger charge is 2.05. The van der Waals surface area contributed by atoms with Crippen LogP contribution in [0.4, 0.5) is 11.5 Å². The molecule has 0 amide bonds. The zero-order valence-electron chi connectivity index (χ0n) is 8.51. The van der Waals surface area contributed by atoms with Crippen LogP contribution in [0.15, 0.2) is 36.5 Å². The molecule has 0 aliphatic carbocycles. The van der Waals surface area contributed by atoms with Gasteiger partial charge in [0.15, 0.2) is 0 Å². The first-order valence-corrected chi connectivity index (χ1v) is 4.95. The number of rotatable bonds is 0. The van der Waals surface area contributed by atoms with E-state index in [0.29, 0.717) is 11.5 Å². The number of fused-ring (bicyclic) bond motifs is 3. The molecule has 4 heteroatoms. The molecule has 0 saturated carbocycles. The molecule has 2 aromatic heterocycles. The van der Waals surface area contributed by atoms with E-state index in [1.165, 1.54) is 0 Å². The lowest BCUT2D eigenvalue weighted by atomic mass is 10.1. The summed E-state index contributed by atoms with van der Waals surface area (Å²) in [6, 6.07) is 9.70. The molecule has 0 aliphatic rings. The van der Waals surface area contributed by atoms with E-state index in [2.05, 4.69) is 9.97 Å². The lowest BCUT2D eigenvalue weighted by Crippen LogP contribution is -1.98. The third-order valence-corrected chi connectivity index (χ3v) is 2.62. The molecule has 3 aromatic rings. The number of nitrogen functional groups attached to an aromatic ring is 2. The summed E-state index contributed by atoms with van der Waals surface area (Å²) in [7, 11) is 0. The first kappa shape index (κ1) is 8.91. The first-order valence-electron chi connectivity index (χ1n) is 4.95. The summed E-state index contributed by atoms with van der Waals surface area (Å²) in [5, 5.41) is 2.00. The van der Waals surface area contributed by atoms with E-state index in [4.69, 9.17) is 11.5 Å². The van der Waals surface area contributed by atoms with E-state index in [1.807, 2.05) is 30.3 Å². The standard InChI is InChI=1S/C12H10N4/c13-9-6-8-4-3-7-2-1-5-15-10(7)11(8)16-12(9)14/h1-6H,13H2,(H2,14,16). The van der Waals surface area contributed by atoms with Gasteiger partial charge in [-0.3, -0.25) is 4.98 Å². The summed E-state index contributed by atoms with van der Waals surface area (Å²) in [6.45, 7) is 0. The Balaban J connectivity index is 2.55. The minimum atomic E-state index is 0.352. The normalized spacial score (nSPS) is 11.0. The smallest absolute Gasteiger partial charge is 0.147 e. The van der Waals surface area contributed by atoms with Crippen molar-refractivity contribution in [2.24, 2.45) is 0 Å². The van der Waals surface area contributed by atoms with Gasteiger partial charge < -0.3 is 11.5 Å². The molecule has 0 fully saturated rings. The molecule has 0 unspecified atom stereocenters. The SMILES string of the molecule is Nc1cc2ccc3cccnc3c2nc1N. The summed E-state index contributed by atoms with van der Waals surface area (Å²) >= 11 is 0. The van der Waals surface area contributed by atoms with E-state index >= 15 is 0 Å². The molecule has 78 valence electrons. The van der Waals surface area contributed by atoms with E-state index < -0.39 is 0 Å². The number of benzene rings is 1. The molecule has 1 aromatic carbocycles. The summed E-state index contributed by atoms with van der Waals surface area (Å²) in [5.74, 6) is 0.352. The van der Waals surface area contributed by atoms with Crippen LogP contribution in [-0.2, 0) is 0 Å². The molecule has 4 nitrogen and oxygen atoms in total. The van der Waals surface area contributed by atoms with Crippen molar-refractivity contribution < 1.29 is 0 Å². The highest BCUT2D eigenvalue weighted by molar-refractivity contribution is 6.04. The first-order chi connectivity index (χ1) is 7.75. The maximum absolute atomic E-state index is 5.72. The van der Waals surface area contributed by atoms with Crippen LogP contribution < -0.4 is 11.5 Å². The van der Waals surface area contributed by atoms with Gasteiger partial charge in [0, 0.05) is 17.0 Å². The largest absolute Gasteiger partial charge is 0.396 e. The summed E-state index contributed by atoms with van der Waals surface area (Å²) in [6.07, 6.45) is 1.75. The molecule has 3 rings (SSSR count). The number of nitrogens with two attached hydrogens (primary N) is 2. The number of pyridine rings is 2. The van der Waals surface area contributed by atoms with Crippen molar-refractivity contribution in [3.05, 3.63) is 36.5 Å². The maximum Gasteiger partial charge on any atom is 0.147 e. The van der Waals surface area contributed by atoms with Gasteiger partial charge in [-0.15, -0.1) is 0 Å². The summed E-state index contributed by atoms with van der Waals surface area (Å²) in [5.41, 5.74) is 13.6. The summed E-state index contributed by atoms with van der Waals surface area (Å²) < 4.78 is 0. The number of hydrogen-bond acceptors (Lipinski definition) is 4. The number of anilines is 2. The van der Waals surface area contributed by atoms with Crippen LogP contribution in [0.1, 0.15) is 0 Å². The van der Waals surface area contributed by atoms with E-state index in [9.17, 15) is 0 Å². The van der Waals surface area contributed by atoms with Gasteiger partial charge in [-0.1, -0.05) is 18.2 Å². The summed E-state index contributed by atoms with van der Waals surface area (Å²) in [4.78, 5) is 8.61. The highest BCUT2D eigenvalue weighted by atomic mass is 14.9. The molecule has 0 saturated heterocycles. The quantitative estimate of drug-likeness (QED) is 0.556. The molecule has 0 aliphatic heterocycles. The zero-order chi connectivity index (χ0) is 11.1. The predicted octanol–water partition coefficient (Wildman–Crippen LogP) is 1.95. The molecule has 0 spiro atoms. The maximum atomic E-state index is 5.72. The van der Waals surface area contributed by atoms with Crippen LogP contribution in [0.3, 0.4) is 0 Å². The minimum Gasteiger partial charge on any atom is -0.396 e. The Morgan fingerprint density at radius 1 is 0.938 bits per heavy atom. The monoisotopic (exact) mass is 210 g/mol. The van der Waals surface area contributed by atoms with Crippen LogP contribution >= 0.6 is 0 Å². The van der Waals surface area contributed by atoms with Crippen LogP contribution in [-0.4, -0.2) is 9.97 Å². The lowest BCUT2D eigenvalue weighted by Gasteiger charge is -2.05. The Hall–Kier alpha value is -2.36. The average Bonchev–Trinajstić information content (AvgIpc) is 2.31. The number of hydrogen-bond donors (Lipinski definition) is 2. The molecule has 0 bridgehead atoms. The molecule has 0 atom stereocenters. The van der Waals surface area contributed by atoms with Crippen molar-refractivity contribution in [3.63, 3.8) is 0 Å². The van der Waals surface area contributed by atoms with Gasteiger partial charge in [-0.05, 0) is 12.1 Å². The molecule has 16 heavy (non-hydrogen) atoms. The van der Waals surface area contributed by atoms with Crippen molar-refractivity contribution >= 4 is 33.3 Å². The molecular formula is C12H10N4. The van der Waals surface area contributed by atoms with Gasteiger partial charge in [-0.25, -0.2) is 4.98 Å². The van der Waals surface area contributed by atoms with Gasteiger partial charge in [0.25, 0.3) is 0 Å². The Bertz CT molecular complexity index is 691. The third kappa shape index (κ3) is 1.16. The lowest BCUT2D eigenvalue weighted by molar-refractivity contribution is 1.38. The number of aromatic nitrogens is 2. The van der Waals surface area contributed by atoms with Gasteiger partial charge in [0.2, 0.25) is 0 Å². The average molecular weight is 210 g/mol. The minimum absolute atomic E-state index is 0.352. The second-order valence-corrected chi connectivity index (χ2v) is 3.68. The molecule has 2 heterocycles. The van der Waals surface area contributed by atoms with E-state index in [1.54, 1.807) is 6.20 Å². The van der Waals surface area contributed by atoms with Crippen LogP contribution in [0.5, 0.6) is 0 Å². The molecule has 4 N–H and O–H groups in total. The van der Waals surface area contributed by atoms with Gasteiger partial charge in [0.05, 0.1) is 16.7 Å². The predicted molar refractivity (Wildman–Crippen MR) is 65.9 cm³/mol. The van der Waals surface area contributed by atoms with Gasteiger partial charge >= 0.3 is 0 Å². The fourth-order valence-corrected chi connectivity index (χ4v) is 1.81. The van der Waals surface area contributed by atoms with Crippen molar-refractivity contribution in [1.82, 2.24) is 9.97 Å². The number of nitrogens with zero attached hydrogens (tertiary/aromatic N) is 2. The Labute approximate surface area is 91.9 Å². The molecule has 0 radical (unpaired) electrons. The van der Waals surface area contributed by atoms with Crippen molar-refractivity contribution in [2.75, 3.05) is 11.5 Å². The second kappa shape index (κ2) is 3.06. The van der Waals surface area contributed by atoms with E-state index in [0.717, 1.165) is 21.8 Å². The van der Waals surface area contributed by atoms with Crippen LogP contribution in [0.2, 0.25) is 0 Å². The molecular weight excluding hydrogens is 200 g/mol. The van der Waals surface area contributed by atoms with Gasteiger partial charge in [0.1, 0.15) is 5.82 Å². The topological polar surface area (TPSA) is 77.8 Å². The van der Waals surface area contributed by atoms with Crippen LogP contribution in [0, 0.1) is 0 Å². The van der Waals surface area contributed by atoms with Gasteiger partial charge in [-0.2, -0.15) is 0 Å². The van der Waals surface area contributed by atoms with Crippen molar-refractivity contribution in [3.8, 4) is 0 Å². The van der Waals surface area contributed by atoms with Crippen molar-refractivity contribution in [2.45, 2.75) is 0 Å². The van der Waals surface area contributed by atoms with Crippen LogP contribution in [0.25, 0.3) is 21.8 Å². The Morgan fingerprint density at radius 2 is 1.75 bits per heavy atom. The van der Waals surface area contributed by atoms with E-state index in [-0.39, 0.29) is 0 Å².